The molecule has 1 heterocycles. The third kappa shape index (κ3) is 4.97. The lowest BCUT2D eigenvalue weighted by atomic mass is 10.1. The van der Waals surface area contributed by atoms with Crippen molar-refractivity contribution in [1.29, 1.82) is 0 Å². The van der Waals surface area contributed by atoms with Gasteiger partial charge in [0.25, 0.3) is 5.91 Å². The highest BCUT2D eigenvalue weighted by molar-refractivity contribution is 7.99. The van der Waals surface area contributed by atoms with E-state index in [0.29, 0.717) is 33.7 Å². The fourth-order valence-corrected chi connectivity index (χ4v) is 2.70. The number of benzene rings is 1. The molecule has 24 heavy (non-hydrogen) atoms. The summed E-state index contributed by atoms with van der Waals surface area (Å²) < 4.78 is 4.86. The number of hydrogen-bond donors (Lipinski definition) is 1. The Hall–Kier alpha value is -2.06. The predicted octanol–water partition coefficient (Wildman–Crippen LogP) is 2.61. The summed E-state index contributed by atoms with van der Waals surface area (Å²) in [6.45, 7) is 1.71. The summed E-state index contributed by atoms with van der Waals surface area (Å²) in [5.41, 5.74) is 0.861. The molecule has 0 aliphatic carbocycles. The van der Waals surface area contributed by atoms with Crippen LogP contribution in [0.15, 0.2) is 22.7 Å². The van der Waals surface area contributed by atoms with E-state index in [4.69, 9.17) is 16.1 Å². The van der Waals surface area contributed by atoms with Crippen molar-refractivity contribution in [3.63, 3.8) is 0 Å². The number of thioether (sulfide) groups is 1. The number of hydrogen-bond acceptors (Lipinski definition) is 6. The van der Waals surface area contributed by atoms with Crippen molar-refractivity contribution < 1.29 is 14.1 Å². The van der Waals surface area contributed by atoms with Crippen molar-refractivity contribution in [3.05, 3.63) is 40.5 Å². The monoisotopic (exact) mass is 368 g/mol. The van der Waals surface area contributed by atoms with Crippen LogP contribution < -0.4 is 5.32 Å². The number of aromatic nitrogens is 2. The van der Waals surface area contributed by atoms with Gasteiger partial charge in [-0.15, -0.1) is 11.8 Å². The van der Waals surface area contributed by atoms with Crippen molar-refractivity contribution in [1.82, 2.24) is 15.0 Å². The highest BCUT2D eigenvalue weighted by Crippen LogP contribution is 2.22. The van der Waals surface area contributed by atoms with Crippen LogP contribution in [0.5, 0.6) is 0 Å². The molecule has 0 saturated carbocycles. The van der Waals surface area contributed by atoms with E-state index in [1.807, 2.05) is 0 Å². The first-order valence-electron chi connectivity index (χ1n) is 7.05. The SMILES string of the molecule is Cc1nc(CSCC(=O)Nc2ccc(Cl)c(C(=O)N(C)C)c2)no1. The molecule has 7 nitrogen and oxygen atoms in total. The average Bonchev–Trinajstić information content (AvgIpc) is 2.94. The van der Waals surface area contributed by atoms with Gasteiger partial charge in [0.2, 0.25) is 11.8 Å². The van der Waals surface area contributed by atoms with Gasteiger partial charge in [-0.2, -0.15) is 4.98 Å². The van der Waals surface area contributed by atoms with Crippen molar-refractivity contribution in [3.8, 4) is 0 Å². The summed E-state index contributed by atoms with van der Waals surface area (Å²) in [6.07, 6.45) is 0. The van der Waals surface area contributed by atoms with Crippen molar-refractivity contribution in [2.24, 2.45) is 0 Å². The largest absolute Gasteiger partial charge is 0.345 e. The maximum absolute atomic E-state index is 12.0. The standard InChI is InChI=1S/C15H17ClN4O3S/c1-9-17-13(19-23-9)7-24-8-14(21)18-10-4-5-12(16)11(6-10)15(22)20(2)3/h4-6H,7-8H2,1-3H3,(H,18,21). The first-order valence-corrected chi connectivity index (χ1v) is 8.58. The first-order chi connectivity index (χ1) is 11.4. The average molecular weight is 369 g/mol. The predicted molar refractivity (Wildman–Crippen MR) is 93.3 cm³/mol. The molecule has 1 N–H and O–H groups in total. The second-order valence-corrected chi connectivity index (χ2v) is 6.56. The zero-order valence-corrected chi connectivity index (χ0v) is 15.1. The Bertz CT molecular complexity index is 748. The van der Waals surface area contributed by atoms with Crippen LogP contribution in [0, 0.1) is 6.92 Å². The molecule has 0 aliphatic heterocycles. The van der Waals surface area contributed by atoms with Gasteiger partial charge in [-0.3, -0.25) is 9.59 Å². The van der Waals surface area contributed by atoms with Crippen LogP contribution in [0.25, 0.3) is 0 Å². The maximum Gasteiger partial charge on any atom is 0.254 e. The van der Waals surface area contributed by atoms with Crippen molar-refractivity contribution >= 4 is 40.9 Å². The molecular weight excluding hydrogens is 352 g/mol. The first kappa shape index (κ1) is 18.3. The number of nitrogens with zero attached hydrogens (tertiary/aromatic N) is 3. The molecule has 0 spiro atoms. The number of halogens is 1. The second kappa shape index (κ2) is 8.16. The second-order valence-electron chi connectivity index (χ2n) is 5.16. The van der Waals surface area contributed by atoms with Gasteiger partial charge >= 0.3 is 0 Å². The molecule has 0 unspecified atom stereocenters. The maximum atomic E-state index is 12.0. The quantitative estimate of drug-likeness (QED) is 0.843. The molecular formula is C15H17ClN4O3S. The fourth-order valence-electron chi connectivity index (χ4n) is 1.84. The minimum atomic E-state index is -0.224. The van der Waals surface area contributed by atoms with E-state index in [-0.39, 0.29) is 17.6 Å². The summed E-state index contributed by atoms with van der Waals surface area (Å²) in [4.78, 5) is 29.5. The number of amides is 2. The molecule has 0 bridgehead atoms. The van der Waals surface area contributed by atoms with Gasteiger partial charge in [0, 0.05) is 26.7 Å². The molecule has 1 aromatic heterocycles. The molecule has 0 atom stereocenters. The summed E-state index contributed by atoms with van der Waals surface area (Å²) in [6, 6.07) is 4.80. The Morgan fingerprint density at radius 3 is 2.75 bits per heavy atom. The smallest absolute Gasteiger partial charge is 0.254 e. The van der Waals surface area contributed by atoms with Crippen LogP contribution in [-0.4, -0.2) is 46.7 Å². The molecule has 0 radical (unpaired) electrons. The van der Waals surface area contributed by atoms with Crippen LogP contribution in [0.3, 0.4) is 0 Å². The Morgan fingerprint density at radius 1 is 1.38 bits per heavy atom. The highest BCUT2D eigenvalue weighted by atomic mass is 35.5. The number of aryl methyl sites for hydroxylation is 1. The molecule has 9 heteroatoms. The van der Waals surface area contributed by atoms with E-state index in [2.05, 4.69) is 15.5 Å². The van der Waals surface area contributed by atoms with Crippen molar-refractivity contribution in [2.75, 3.05) is 25.2 Å². The van der Waals surface area contributed by atoms with Gasteiger partial charge < -0.3 is 14.7 Å². The lowest BCUT2D eigenvalue weighted by molar-refractivity contribution is -0.113. The van der Waals surface area contributed by atoms with Gasteiger partial charge in [-0.1, -0.05) is 16.8 Å². The third-order valence-electron chi connectivity index (χ3n) is 2.92. The van der Waals surface area contributed by atoms with Crippen LogP contribution in [-0.2, 0) is 10.5 Å². The Labute approximate surface area is 148 Å². The van der Waals surface area contributed by atoms with Crippen LogP contribution in [0.2, 0.25) is 5.02 Å². The van der Waals surface area contributed by atoms with Crippen LogP contribution in [0.4, 0.5) is 5.69 Å². The van der Waals surface area contributed by atoms with Crippen molar-refractivity contribution in [2.45, 2.75) is 12.7 Å². The van der Waals surface area contributed by atoms with Gasteiger partial charge in [0.05, 0.1) is 22.1 Å². The molecule has 0 fully saturated rings. The number of nitrogens with one attached hydrogen (secondary N) is 1. The van der Waals surface area contributed by atoms with E-state index in [1.165, 1.54) is 16.7 Å². The molecule has 1 aromatic carbocycles. The molecule has 2 aromatic rings. The van der Waals surface area contributed by atoms with E-state index < -0.39 is 0 Å². The Morgan fingerprint density at radius 2 is 2.12 bits per heavy atom. The van der Waals surface area contributed by atoms with Gasteiger partial charge in [-0.25, -0.2) is 0 Å². The normalized spacial score (nSPS) is 10.5. The molecule has 2 amide bonds. The summed E-state index contributed by atoms with van der Waals surface area (Å²) >= 11 is 7.41. The minimum Gasteiger partial charge on any atom is -0.345 e. The minimum absolute atomic E-state index is 0.189. The number of anilines is 1. The summed E-state index contributed by atoms with van der Waals surface area (Å²) in [5.74, 6) is 1.34. The van der Waals surface area contributed by atoms with Crippen LogP contribution >= 0.6 is 23.4 Å². The molecule has 2 rings (SSSR count). The lowest BCUT2D eigenvalue weighted by Crippen LogP contribution is -2.22. The summed E-state index contributed by atoms with van der Waals surface area (Å²) in [5, 5.41) is 6.84. The lowest BCUT2D eigenvalue weighted by Gasteiger charge is -2.13. The van der Waals surface area contributed by atoms with Gasteiger partial charge in [0.15, 0.2) is 5.82 Å². The molecule has 0 saturated heterocycles. The third-order valence-corrected chi connectivity index (χ3v) is 4.18. The number of rotatable bonds is 6. The van der Waals surface area contributed by atoms with Crippen LogP contribution in [0.1, 0.15) is 22.1 Å². The van der Waals surface area contributed by atoms with E-state index >= 15 is 0 Å². The number of carbonyl (C=O) groups is 2. The van der Waals surface area contributed by atoms with Gasteiger partial charge in [-0.05, 0) is 18.2 Å². The Balaban J connectivity index is 1.91. The van der Waals surface area contributed by atoms with Gasteiger partial charge in [0.1, 0.15) is 0 Å². The van der Waals surface area contributed by atoms with E-state index in [9.17, 15) is 9.59 Å². The van der Waals surface area contributed by atoms with E-state index in [0.717, 1.165) is 0 Å². The molecule has 128 valence electrons. The number of carbonyl (C=O) groups excluding carboxylic acids is 2. The summed E-state index contributed by atoms with van der Waals surface area (Å²) in [7, 11) is 3.28. The van der Waals surface area contributed by atoms with E-state index in [1.54, 1.807) is 39.2 Å². The highest BCUT2D eigenvalue weighted by Gasteiger charge is 2.14. The topological polar surface area (TPSA) is 88.3 Å². The zero-order chi connectivity index (χ0) is 17.7. The zero-order valence-electron chi connectivity index (χ0n) is 13.5. The fraction of sp³-hybridized carbons (Fsp3) is 0.333. The molecule has 0 aliphatic rings. The Kier molecular flexibility index (Phi) is 6.22.